The summed E-state index contributed by atoms with van der Waals surface area (Å²) in [6.45, 7) is 0.406. The van der Waals surface area contributed by atoms with Gasteiger partial charge in [-0.25, -0.2) is 0 Å². The SMILES string of the molecule is COc1ccc(CNC(=O)C2(/C(N)=N/O)CC2)cc1. The van der Waals surface area contributed by atoms with Gasteiger partial charge in [-0.3, -0.25) is 4.79 Å². The van der Waals surface area contributed by atoms with Crippen molar-refractivity contribution in [2.75, 3.05) is 7.11 Å². The Kier molecular flexibility index (Phi) is 3.59. The second kappa shape index (κ2) is 5.17. The Morgan fingerprint density at radius 1 is 1.47 bits per heavy atom. The molecule has 1 aliphatic rings. The van der Waals surface area contributed by atoms with Crippen molar-refractivity contribution in [2.45, 2.75) is 19.4 Å². The molecule has 0 radical (unpaired) electrons. The number of carbonyl (C=O) groups excluding carboxylic acids is 1. The lowest BCUT2D eigenvalue weighted by atomic mass is 10.1. The predicted octanol–water partition coefficient (Wildman–Crippen LogP) is 0.838. The van der Waals surface area contributed by atoms with Crippen molar-refractivity contribution in [3.05, 3.63) is 29.8 Å². The molecular weight excluding hydrogens is 246 g/mol. The first-order valence-corrected chi connectivity index (χ1v) is 6.01. The molecule has 0 aromatic heterocycles. The van der Waals surface area contributed by atoms with Crippen molar-refractivity contribution in [1.29, 1.82) is 0 Å². The first-order valence-electron chi connectivity index (χ1n) is 6.01. The van der Waals surface area contributed by atoms with Crippen molar-refractivity contribution in [3.8, 4) is 5.75 Å². The summed E-state index contributed by atoms with van der Waals surface area (Å²) in [5, 5.41) is 14.4. The third-order valence-electron chi connectivity index (χ3n) is 3.39. The Bertz CT molecular complexity index is 492. The number of ether oxygens (including phenoxy) is 1. The molecule has 1 amide bonds. The number of oxime groups is 1. The summed E-state index contributed by atoms with van der Waals surface area (Å²) in [6, 6.07) is 7.42. The molecule has 0 unspecified atom stereocenters. The van der Waals surface area contributed by atoms with Gasteiger partial charge >= 0.3 is 0 Å². The van der Waals surface area contributed by atoms with Crippen LogP contribution >= 0.6 is 0 Å². The van der Waals surface area contributed by atoms with E-state index in [2.05, 4.69) is 10.5 Å². The van der Waals surface area contributed by atoms with E-state index in [9.17, 15) is 4.79 Å². The molecule has 0 bridgehead atoms. The molecule has 0 atom stereocenters. The summed E-state index contributed by atoms with van der Waals surface area (Å²) in [7, 11) is 1.60. The molecular formula is C13H17N3O3. The van der Waals surface area contributed by atoms with Crippen LogP contribution in [0.2, 0.25) is 0 Å². The number of amides is 1. The van der Waals surface area contributed by atoms with Gasteiger partial charge in [0.2, 0.25) is 5.91 Å². The summed E-state index contributed by atoms with van der Waals surface area (Å²) in [4.78, 5) is 12.0. The van der Waals surface area contributed by atoms with Gasteiger partial charge in [0.1, 0.15) is 11.2 Å². The molecule has 1 fully saturated rings. The Morgan fingerprint density at radius 2 is 2.11 bits per heavy atom. The number of rotatable bonds is 5. The van der Waals surface area contributed by atoms with Crippen molar-refractivity contribution in [3.63, 3.8) is 0 Å². The maximum Gasteiger partial charge on any atom is 0.234 e. The zero-order valence-electron chi connectivity index (χ0n) is 10.7. The fourth-order valence-electron chi connectivity index (χ4n) is 1.92. The van der Waals surface area contributed by atoms with E-state index < -0.39 is 5.41 Å². The zero-order valence-corrected chi connectivity index (χ0v) is 10.7. The molecule has 19 heavy (non-hydrogen) atoms. The smallest absolute Gasteiger partial charge is 0.234 e. The van der Waals surface area contributed by atoms with Crippen molar-refractivity contribution < 1.29 is 14.7 Å². The molecule has 6 heteroatoms. The quantitative estimate of drug-likeness (QED) is 0.317. The predicted molar refractivity (Wildman–Crippen MR) is 69.9 cm³/mol. The summed E-state index contributed by atoms with van der Waals surface area (Å²) in [5.74, 6) is 0.559. The molecule has 0 saturated heterocycles. The number of nitrogens with two attached hydrogens (primary N) is 1. The normalized spacial score (nSPS) is 16.8. The summed E-state index contributed by atoms with van der Waals surface area (Å²) in [6.07, 6.45) is 1.24. The maximum absolute atomic E-state index is 12.0. The van der Waals surface area contributed by atoms with Gasteiger partial charge in [-0.15, -0.1) is 0 Å². The van der Waals surface area contributed by atoms with E-state index in [1.54, 1.807) is 7.11 Å². The molecule has 0 aliphatic heterocycles. The lowest BCUT2D eigenvalue weighted by molar-refractivity contribution is -0.124. The number of amidine groups is 1. The highest BCUT2D eigenvalue weighted by Crippen LogP contribution is 2.46. The number of nitrogens with one attached hydrogen (secondary N) is 1. The highest BCUT2D eigenvalue weighted by Gasteiger charge is 2.54. The van der Waals surface area contributed by atoms with Crippen LogP contribution in [0.1, 0.15) is 18.4 Å². The second-order valence-corrected chi connectivity index (χ2v) is 4.60. The molecule has 1 aliphatic carbocycles. The van der Waals surface area contributed by atoms with Crippen LogP contribution in [0.3, 0.4) is 0 Å². The molecule has 0 heterocycles. The Balaban J connectivity index is 1.93. The van der Waals surface area contributed by atoms with Crippen LogP contribution < -0.4 is 15.8 Å². The lowest BCUT2D eigenvalue weighted by Crippen LogP contribution is -2.40. The van der Waals surface area contributed by atoms with Gasteiger partial charge in [-0.1, -0.05) is 17.3 Å². The van der Waals surface area contributed by atoms with Gasteiger partial charge in [0.15, 0.2) is 5.84 Å². The largest absolute Gasteiger partial charge is 0.497 e. The second-order valence-electron chi connectivity index (χ2n) is 4.60. The van der Waals surface area contributed by atoms with Crippen LogP contribution in [0.5, 0.6) is 5.75 Å². The first-order chi connectivity index (χ1) is 9.12. The molecule has 1 saturated carbocycles. The number of hydrogen-bond acceptors (Lipinski definition) is 4. The van der Waals surface area contributed by atoms with Gasteiger partial charge < -0.3 is 21.0 Å². The van der Waals surface area contributed by atoms with Gasteiger partial charge in [-0.2, -0.15) is 0 Å². The molecule has 4 N–H and O–H groups in total. The van der Waals surface area contributed by atoms with E-state index in [1.807, 2.05) is 24.3 Å². The van der Waals surface area contributed by atoms with E-state index in [1.165, 1.54) is 0 Å². The van der Waals surface area contributed by atoms with Gasteiger partial charge in [0.25, 0.3) is 0 Å². The van der Waals surface area contributed by atoms with Crippen LogP contribution in [0, 0.1) is 5.41 Å². The van der Waals surface area contributed by atoms with Gasteiger partial charge in [-0.05, 0) is 30.5 Å². The molecule has 1 aromatic carbocycles. The van der Waals surface area contributed by atoms with Crippen molar-refractivity contribution in [1.82, 2.24) is 5.32 Å². The monoisotopic (exact) mass is 263 g/mol. The van der Waals surface area contributed by atoms with Crippen LogP contribution in [0.4, 0.5) is 0 Å². The number of carbonyl (C=O) groups is 1. The average molecular weight is 263 g/mol. The standard InChI is InChI=1S/C13H17N3O3/c1-19-10-4-2-9(3-5-10)8-15-12(17)13(6-7-13)11(14)16-18/h2-5,18H,6-8H2,1H3,(H2,14,16)(H,15,17). The van der Waals surface area contributed by atoms with Crippen molar-refractivity contribution in [2.24, 2.45) is 16.3 Å². The molecule has 102 valence electrons. The minimum atomic E-state index is -0.804. The highest BCUT2D eigenvalue weighted by atomic mass is 16.5. The minimum absolute atomic E-state index is 0.0141. The van der Waals surface area contributed by atoms with Crippen LogP contribution in [-0.4, -0.2) is 24.1 Å². The molecule has 2 rings (SSSR count). The summed E-state index contributed by atoms with van der Waals surface area (Å²) >= 11 is 0. The van der Waals surface area contributed by atoms with Crippen LogP contribution in [0.15, 0.2) is 29.4 Å². The number of nitrogens with zero attached hydrogens (tertiary/aromatic N) is 1. The van der Waals surface area contributed by atoms with Gasteiger partial charge in [0.05, 0.1) is 7.11 Å². The van der Waals surface area contributed by atoms with E-state index in [-0.39, 0.29) is 11.7 Å². The average Bonchev–Trinajstić information content (AvgIpc) is 3.26. The van der Waals surface area contributed by atoms with Gasteiger partial charge in [0, 0.05) is 6.54 Å². The molecule has 6 nitrogen and oxygen atoms in total. The van der Waals surface area contributed by atoms with E-state index in [4.69, 9.17) is 15.7 Å². The highest BCUT2D eigenvalue weighted by molar-refractivity contribution is 6.09. The van der Waals surface area contributed by atoms with Crippen LogP contribution in [-0.2, 0) is 11.3 Å². The Morgan fingerprint density at radius 3 is 2.58 bits per heavy atom. The van der Waals surface area contributed by atoms with E-state index in [0.717, 1.165) is 11.3 Å². The van der Waals surface area contributed by atoms with Crippen LogP contribution in [0.25, 0.3) is 0 Å². The lowest BCUT2D eigenvalue weighted by Gasteiger charge is -2.13. The fraction of sp³-hybridized carbons (Fsp3) is 0.385. The Hall–Kier alpha value is -2.24. The Labute approximate surface area is 111 Å². The number of benzene rings is 1. The first kappa shape index (κ1) is 13.2. The maximum atomic E-state index is 12.0. The third kappa shape index (κ3) is 2.62. The summed E-state index contributed by atoms with van der Waals surface area (Å²) in [5.41, 5.74) is 5.70. The minimum Gasteiger partial charge on any atom is -0.497 e. The fourth-order valence-corrected chi connectivity index (χ4v) is 1.92. The third-order valence-corrected chi connectivity index (χ3v) is 3.39. The molecule has 0 spiro atoms. The van der Waals surface area contributed by atoms with E-state index >= 15 is 0 Å². The zero-order chi connectivity index (χ0) is 13.9. The van der Waals surface area contributed by atoms with Crippen molar-refractivity contribution >= 4 is 11.7 Å². The van der Waals surface area contributed by atoms with E-state index in [0.29, 0.717) is 19.4 Å². The topological polar surface area (TPSA) is 96.9 Å². The number of hydrogen-bond donors (Lipinski definition) is 3. The number of methoxy groups -OCH3 is 1. The molecule has 1 aromatic rings. The summed E-state index contributed by atoms with van der Waals surface area (Å²) < 4.78 is 5.06.